The average molecular weight is 293 g/mol. The van der Waals surface area contributed by atoms with E-state index in [2.05, 4.69) is 34.1 Å². The van der Waals surface area contributed by atoms with Crippen LogP contribution in [0, 0.1) is 13.8 Å². The number of aryl methyl sites for hydroxylation is 2. The summed E-state index contributed by atoms with van der Waals surface area (Å²) in [5, 5.41) is 12.6. The van der Waals surface area contributed by atoms with Gasteiger partial charge in [0.05, 0.1) is 30.7 Å². The molecule has 2 unspecified atom stereocenters. The van der Waals surface area contributed by atoms with Gasteiger partial charge in [-0.2, -0.15) is 0 Å². The zero-order chi connectivity index (χ0) is 14.3. The second-order valence-electron chi connectivity index (χ2n) is 5.33. The van der Waals surface area contributed by atoms with Gasteiger partial charge in [0.2, 0.25) is 0 Å². The van der Waals surface area contributed by atoms with Crippen molar-refractivity contribution in [3.8, 4) is 0 Å². The molecule has 1 N–H and O–H groups in total. The first-order valence-electron chi connectivity index (χ1n) is 6.81. The molecule has 108 valence electrons. The fourth-order valence-corrected chi connectivity index (χ4v) is 3.56. The Hall–Kier alpha value is -1.24. The molecular weight excluding hydrogens is 274 g/mol. The first-order chi connectivity index (χ1) is 9.60. The number of thiophene rings is 1. The Kier molecular flexibility index (Phi) is 3.62. The molecule has 1 saturated heterocycles. The summed E-state index contributed by atoms with van der Waals surface area (Å²) in [5.74, 6) is 1.76. The van der Waals surface area contributed by atoms with Gasteiger partial charge in [-0.1, -0.05) is 0 Å². The largest absolute Gasteiger partial charge is 0.394 e. The standard InChI is InChI=1S/C14H19N3O2S/c1-8-7-20-14-12(8)13(15-10(3)16-14)17-4-11(5-18)19-6-9(17)2/h7,9,11,18H,4-6H2,1-3H3. The van der Waals surface area contributed by atoms with E-state index in [1.165, 1.54) is 5.56 Å². The predicted molar refractivity (Wildman–Crippen MR) is 80.5 cm³/mol. The molecule has 1 fully saturated rings. The van der Waals surface area contributed by atoms with Crippen LogP contribution in [0.25, 0.3) is 10.2 Å². The van der Waals surface area contributed by atoms with Crippen LogP contribution in [0.1, 0.15) is 18.3 Å². The summed E-state index contributed by atoms with van der Waals surface area (Å²) in [4.78, 5) is 12.4. The normalized spacial score (nSPS) is 23.5. The van der Waals surface area contributed by atoms with E-state index in [9.17, 15) is 5.11 Å². The van der Waals surface area contributed by atoms with Gasteiger partial charge < -0.3 is 14.7 Å². The third-order valence-corrected chi connectivity index (χ3v) is 4.68. The zero-order valence-electron chi connectivity index (χ0n) is 12.0. The third kappa shape index (κ3) is 2.28. The molecule has 0 amide bonds. The highest BCUT2D eigenvalue weighted by Crippen LogP contribution is 2.33. The Labute approximate surface area is 122 Å². The lowest BCUT2D eigenvalue weighted by Gasteiger charge is -2.38. The van der Waals surface area contributed by atoms with Crippen LogP contribution in [-0.4, -0.2) is 47.0 Å². The fourth-order valence-electron chi connectivity index (χ4n) is 2.60. The quantitative estimate of drug-likeness (QED) is 0.916. The summed E-state index contributed by atoms with van der Waals surface area (Å²) in [6.45, 7) is 7.46. The minimum absolute atomic E-state index is 0.0407. The maximum atomic E-state index is 9.34. The molecule has 1 aliphatic rings. The van der Waals surface area contributed by atoms with Gasteiger partial charge in [-0.25, -0.2) is 9.97 Å². The van der Waals surface area contributed by atoms with Gasteiger partial charge in [0.25, 0.3) is 0 Å². The Balaban J connectivity index is 2.10. The summed E-state index contributed by atoms with van der Waals surface area (Å²) in [6.07, 6.45) is -0.143. The lowest BCUT2D eigenvalue weighted by Crippen LogP contribution is -2.50. The first-order valence-corrected chi connectivity index (χ1v) is 7.69. The topological polar surface area (TPSA) is 58.5 Å². The van der Waals surface area contributed by atoms with E-state index in [1.54, 1.807) is 11.3 Å². The minimum atomic E-state index is -0.143. The monoisotopic (exact) mass is 293 g/mol. The van der Waals surface area contributed by atoms with Gasteiger partial charge >= 0.3 is 0 Å². The Morgan fingerprint density at radius 2 is 2.25 bits per heavy atom. The highest BCUT2D eigenvalue weighted by molar-refractivity contribution is 7.17. The number of fused-ring (bicyclic) bond motifs is 1. The molecular formula is C14H19N3O2S. The van der Waals surface area contributed by atoms with Gasteiger partial charge in [-0.05, 0) is 31.7 Å². The predicted octanol–water partition coefficient (Wildman–Crippen LogP) is 1.89. The molecule has 20 heavy (non-hydrogen) atoms. The molecule has 2 atom stereocenters. The van der Waals surface area contributed by atoms with E-state index >= 15 is 0 Å². The van der Waals surface area contributed by atoms with E-state index in [1.807, 2.05) is 6.92 Å². The van der Waals surface area contributed by atoms with Crippen LogP contribution in [0.3, 0.4) is 0 Å². The minimum Gasteiger partial charge on any atom is -0.394 e. The molecule has 5 nitrogen and oxygen atoms in total. The summed E-state index contributed by atoms with van der Waals surface area (Å²) >= 11 is 1.66. The van der Waals surface area contributed by atoms with Crippen molar-refractivity contribution >= 4 is 27.4 Å². The molecule has 2 aromatic heterocycles. The molecule has 0 aromatic carbocycles. The Morgan fingerprint density at radius 3 is 3.00 bits per heavy atom. The van der Waals surface area contributed by atoms with Crippen LogP contribution in [-0.2, 0) is 4.74 Å². The van der Waals surface area contributed by atoms with E-state index in [4.69, 9.17) is 4.74 Å². The van der Waals surface area contributed by atoms with Crippen LogP contribution in [0.15, 0.2) is 5.38 Å². The number of anilines is 1. The number of hydrogen-bond donors (Lipinski definition) is 1. The maximum Gasteiger partial charge on any atom is 0.141 e. The van der Waals surface area contributed by atoms with E-state index < -0.39 is 0 Å². The molecule has 0 bridgehead atoms. The fraction of sp³-hybridized carbons (Fsp3) is 0.571. The van der Waals surface area contributed by atoms with Crippen molar-refractivity contribution in [3.05, 3.63) is 16.8 Å². The molecule has 6 heteroatoms. The Morgan fingerprint density at radius 1 is 1.45 bits per heavy atom. The number of aliphatic hydroxyl groups excluding tert-OH is 1. The maximum absolute atomic E-state index is 9.34. The van der Waals surface area contributed by atoms with Crippen LogP contribution in [0.5, 0.6) is 0 Å². The smallest absolute Gasteiger partial charge is 0.141 e. The van der Waals surface area contributed by atoms with Crippen molar-refractivity contribution in [2.45, 2.75) is 32.9 Å². The average Bonchev–Trinajstić information content (AvgIpc) is 2.80. The van der Waals surface area contributed by atoms with E-state index in [-0.39, 0.29) is 18.8 Å². The highest BCUT2D eigenvalue weighted by Gasteiger charge is 2.28. The number of morpholine rings is 1. The number of hydrogen-bond acceptors (Lipinski definition) is 6. The first kappa shape index (κ1) is 13.7. The van der Waals surface area contributed by atoms with Crippen molar-refractivity contribution in [1.29, 1.82) is 0 Å². The molecule has 0 saturated carbocycles. The van der Waals surface area contributed by atoms with E-state index in [0.29, 0.717) is 13.2 Å². The molecule has 1 aliphatic heterocycles. The van der Waals surface area contributed by atoms with Gasteiger partial charge in [-0.15, -0.1) is 11.3 Å². The van der Waals surface area contributed by atoms with Crippen molar-refractivity contribution < 1.29 is 9.84 Å². The lowest BCUT2D eigenvalue weighted by atomic mass is 10.1. The van der Waals surface area contributed by atoms with Crippen molar-refractivity contribution in [2.75, 3.05) is 24.7 Å². The molecule has 0 aliphatic carbocycles. The van der Waals surface area contributed by atoms with Crippen LogP contribution < -0.4 is 4.90 Å². The molecule has 2 aromatic rings. The summed E-state index contributed by atoms with van der Waals surface area (Å²) in [6, 6.07) is 0.245. The van der Waals surface area contributed by atoms with Gasteiger partial charge in [-0.3, -0.25) is 0 Å². The number of aliphatic hydroxyl groups is 1. The van der Waals surface area contributed by atoms with Crippen molar-refractivity contribution in [1.82, 2.24) is 9.97 Å². The van der Waals surface area contributed by atoms with Crippen molar-refractivity contribution in [2.24, 2.45) is 0 Å². The molecule has 3 rings (SSSR count). The number of ether oxygens (including phenoxy) is 1. The summed E-state index contributed by atoms with van der Waals surface area (Å²) < 4.78 is 5.61. The third-order valence-electron chi connectivity index (χ3n) is 3.69. The zero-order valence-corrected chi connectivity index (χ0v) is 12.8. The summed E-state index contributed by atoms with van der Waals surface area (Å²) in [7, 11) is 0. The SMILES string of the molecule is Cc1nc(N2CC(CO)OCC2C)c2c(C)csc2n1. The Bertz CT molecular complexity index is 628. The van der Waals surface area contributed by atoms with Crippen molar-refractivity contribution in [3.63, 3.8) is 0 Å². The second kappa shape index (κ2) is 5.27. The molecule has 3 heterocycles. The lowest BCUT2D eigenvalue weighted by molar-refractivity contribution is -0.0104. The number of nitrogens with zero attached hydrogens (tertiary/aromatic N) is 3. The number of rotatable bonds is 2. The van der Waals surface area contributed by atoms with Crippen LogP contribution >= 0.6 is 11.3 Å². The number of aromatic nitrogens is 2. The van der Waals surface area contributed by atoms with Gasteiger partial charge in [0.15, 0.2) is 0 Å². The molecule has 0 spiro atoms. The van der Waals surface area contributed by atoms with Gasteiger partial charge in [0.1, 0.15) is 16.5 Å². The van der Waals surface area contributed by atoms with E-state index in [0.717, 1.165) is 21.9 Å². The highest BCUT2D eigenvalue weighted by atomic mass is 32.1. The van der Waals surface area contributed by atoms with Crippen LogP contribution in [0.2, 0.25) is 0 Å². The van der Waals surface area contributed by atoms with Crippen LogP contribution in [0.4, 0.5) is 5.82 Å². The van der Waals surface area contributed by atoms with Gasteiger partial charge in [0, 0.05) is 6.54 Å². The second-order valence-corrected chi connectivity index (χ2v) is 6.19. The summed E-state index contributed by atoms with van der Waals surface area (Å²) in [5.41, 5.74) is 1.21. The molecule has 0 radical (unpaired) electrons.